The predicted octanol–water partition coefficient (Wildman–Crippen LogP) is 15.1. The van der Waals surface area contributed by atoms with E-state index in [1.807, 2.05) is 18.2 Å². The van der Waals surface area contributed by atoms with Crippen LogP contribution in [0.15, 0.2) is 209 Å². The second-order valence-electron chi connectivity index (χ2n) is 14.0. The topological polar surface area (TPSA) is 29.5 Å². The molecule has 0 aliphatic carbocycles. The molecule has 0 radical (unpaired) electrons. The van der Waals surface area contributed by atoms with Crippen LogP contribution >= 0.6 is 0 Å². The second-order valence-corrected chi connectivity index (χ2v) is 14.0. The zero-order chi connectivity index (χ0) is 36.3. The highest BCUT2D eigenvalue weighted by molar-refractivity contribution is 6.36. The molecule has 11 rings (SSSR count). The Morgan fingerprint density at radius 3 is 1.20 bits per heavy atom. The minimum atomic E-state index is 0.832. The van der Waals surface area contributed by atoms with Crippen LogP contribution in [0.5, 0.6) is 0 Å². The molecule has 2 heterocycles. The summed E-state index contributed by atoms with van der Waals surface area (Å²) in [6, 6.07) is 70.8. The first-order valence-electron chi connectivity index (χ1n) is 18.7. The van der Waals surface area contributed by atoms with Crippen molar-refractivity contribution in [3.8, 4) is 33.4 Å². The smallest absolute Gasteiger partial charge is 0.147 e. The van der Waals surface area contributed by atoms with Crippen LogP contribution < -0.4 is 4.90 Å². The van der Waals surface area contributed by atoms with E-state index in [1.54, 1.807) is 0 Å². The first-order valence-corrected chi connectivity index (χ1v) is 18.7. The molecule has 0 saturated heterocycles. The summed E-state index contributed by atoms with van der Waals surface area (Å²) >= 11 is 0. The first kappa shape index (κ1) is 31.2. The van der Waals surface area contributed by atoms with E-state index in [0.29, 0.717) is 0 Å². The van der Waals surface area contributed by atoms with Crippen molar-refractivity contribution in [3.63, 3.8) is 0 Å². The Morgan fingerprint density at radius 1 is 0.273 bits per heavy atom. The third-order valence-electron chi connectivity index (χ3n) is 10.9. The number of fused-ring (bicyclic) bond motifs is 10. The monoisotopic (exact) mass is 703 g/mol. The molecule has 0 aliphatic rings. The summed E-state index contributed by atoms with van der Waals surface area (Å²) < 4.78 is 13.5. The van der Waals surface area contributed by atoms with E-state index in [1.165, 1.54) is 27.8 Å². The molecular formula is C52H33NO2. The highest BCUT2D eigenvalue weighted by atomic mass is 16.3. The lowest BCUT2D eigenvalue weighted by molar-refractivity contribution is 0.665. The van der Waals surface area contributed by atoms with Crippen molar-refractivity contribution in [1.29, 1.82) is 0 Å². The fraction of sp³-hybridized carbons (Fsp3) is 0. The van der Waals surface area contributed by atoms with Gasteiger partial charge >= 0.3 is 0 Å². The van der Waals surface area contributed by atoms with Crippen molar-refractivity contribution in [2.75, 3.05) is 4.90 Å². The normalized spacial score (nSPS) is 11.6. The standard InChI is InChI=1S/C52H33NO2/c1-3-12-34(13-4-1)36-22-24-37(25-23-36)39-28-32-41(33-29-39)53(40-30-26-38(27-31-40)35-14-5-2-6-15-35)45-19-11-18-44-48(45)49-42-16-7-9-20-46(42)55-52(49)50-43-17-8-10-21-47(43)54-51(44)50/h1-33H. The van der Waals surface area contributed by atoms with Gasteiger partial charge in [-0.2, -0.15) is 0 Å². The molecule has 3 heteroatoms. The Bertz CT molecular complexity index is 3160. The Morgan fingerprint density at radius 2 is 0.673 bits per heavy atom. The van der Waals surface area contributed by atoms with Gasteiger partial charge in [0.25, 0.3) is 0 Å². The first-order chi connectivity index (χ1) is 27.3. The SMILES string of the molecule is c1ccc(-c2ccc(-c3ccc(N(c4ccc(-c5ccccc5)cc4)c4cccc5c6oc7ccccc7c6c6oc7ccccc7c6c45)cc3)cc2)cc1. The summed E-state index contributed by atoms with van der Waals surface area (Å²) in [5.41, 5.74) is 13.6. The number of hydrogen-bond acceptors (Lipinski definition) is 3. The van der Waals surface area contributed by atoms with Crippen LogP contribution in [0.2, 0.25) is 0 Å². The molecule has 0 amide bonds. The molecule has 0 atom stereocenters. The van der Waals surface area contributed by atoms with Crippen LogP contribution in [0.1, 0.15) is 0 Å². The quantitative estimate of drug-likeness (QED) is 0.173. The lowest BCUT2D eigenvalue weighted by Crippen LogP contribution is -2.10. The van der Waals surface area contributed by atoms with Crippen LogP contribution in [-0.4, -0.2) is 0 Å². The number of anilines is 3. The lowest BCUT2D eigenvalue weighted by Gasteiger charge is -2.27. The minimum absolute atomic E-state index is 0.832. The van der Waals surface area contributed by atoms with Crippen LogP contribution in [0.3, 0.4) is 0 Å². The van der Waals surface area contributed by atoms with E-state index >= 15 is 0 Å². The van der Waals surface area contributed by atoms with Gasteiger partial charge < -0.3 is 13.7 Å². The van der Waals surface area contributed by atoms with E-state index in [9.17, 15) is 0 Å². The molecular weight excluding hydrogens is 671 g/mol. The second kappa shape index (κ2) is 12.6. The molecule has 0 spiro atoms. The van der Waals surface area contributed by atoms with Crippen molar-refractivity contribution in [1.82, 2.24) is 0 Å². The van der Waals surface area contributed by atoms with Crippen LogP contribution in [0, 0.1) is 0 Å². The Hall–Kier alpha value is -7.36. The molecule has 9 aromatic carbocycles. The van der Waals surface area contributed by atoms with Gasteiger partial charge in [0.1, 0.15) is 22.3 Å². The number of nitrogens with zero attached hydrogens (tertiary/aromatic N) is 1. The van der Waals surface area contributed by atoms with Gasteiger partial charge in [-0.3, -0.25) is 0 Å². The number of furan rings is 2. The third-order valence-corrected chi connectivity index (χ3v) is 10.9. The molecule has 55 heavy (non-hydrogen) atoms. The summed E-state index contributed by atoms with van der Waals surface area (Å²) in [6.07, 6.45) is 0. The molecule has 258 valence electrons. The number of benzene rings is 9. The van der Waals surface area contributed by atoms with Crippen molar-refractivity contribution in [2.24, 2.45) is 0 Å². The maximum absolute atomic E-state index is 6.77. The van der Waals surface area contributed by atoms with Crippen molar-refractivity contribution >= 4 is 71.7 Å². The maximum Gasteiger partial charge on any atom is 0.147 e. The molecule has 0 aliphatic heterocycles. The number of rotatable bonds is 6. The molecule has 0 bridgehead atoms. The molecule has 0 fully saturated rings. The molecule has 2 aromatic heterocycles. The van der Waals surface area contributed by atoms with Crippen molar-refractivity contribution < 1.29 is 8.83 Å². The van der Waals surface area contributed by atoms with Crippen LogP contribution in [0.25, 0.3) is 88.0 Å². The van der Waals surface area contributed by atoms with Gasteiger partial charge in [0.15, 0.2) is 0 Å². The van der Waals surface area contributed by atoms with E-state index in [-0.39, 0.29) is 0 Å². The molecule has 0 saturated carbocycles. The fourth-order valence-electron chi connectivity index (χ4n) is 8.26. The molecule has 0 N–H and O–H groups in total. The van der Waals surface area contributed by atoms with Gasteiger partial charge in [-0.15, -0.1) is 0 Å². The van der Waals surface area contributed by atoms with Gasteiger partial charge in [0, 0.05) is 38.3 Å². The Labute approximate surface area is 317 Å². The largest absolute Gasteiger partial charge is 0.455 e. The average molecular weight is 704 g/mol. The summed E-state index contributed by atoms with van der Waals surface area (Å²) in [7, 11) is 0. The zero-order valence-electron chi connectivity index (χ0n) is 29.8. The van der Waals surface area contributed by atoms with E-state index < -0.39 is 0 Å². The van der Waals surface area contributed by atoms with Gasteiger partial charge in [-0.05, 0) is 75.8 Å². The van der Waals surface area contributed by atoms with Gasteiger partial charge in [-0.25, -0.2) is 0 Å². The van der Waals surface area contributed by atoms with Crippen LogP contribution in [-0.2, 0) is 0 Å². The highest BCUT2D eigenvalue weighted by Crippen LogP contribution is 2.49. The predicted molar refractivity (Wildman–Crippen MR) is 229 cm³/mol. The van der Waals surface area contributed by atoms with E-state index in [0.717, 1.165) is 77.3 Å². The molecule has 3 nitrogen and oxygen atoms in total. The van der Waals surface area contributed by atoms with Crippen molar-refractivity contribution in [2.45, 2.75) is 0 Å². The Kier molecular flexibility index (Phi) is 7.17. The average Bonchev–Trinajstić information content (AvgIpc) is 3.85. The van der Waals surface area contributed by atoms with E-state index in [4.69, 9.17) is 8.83 Å². The maximum atomic E-state index is 6.77. The molecule has 0 unspecified atom stereocenters. The van der Waals surface area contributed by atoms with Gasteiger partial charge in [0.2, 0.25) is 0 Å². The summed E-state index contributed by atoms with van der Waals surface area (Å²) in [5, 5.41) is 6.35. The van der Waals surface area contributed by atoms with Crippen LogP contribution in [0.4, 0.5) is 17.1 Å². The van der Waals surface area contributed by atoms with Crippen molar-refractivity contribution in [3.05, 3.63) is 200 Å². The Balaban J connectivity index is 1.13. The number of para-hydroxylation sites is 2. The lowest BCUT2D eigenvalue weighted by atomic mass is 9.97. The van der Waals surface area contributed by atoms with Gasteiger partial charge in [-0.1, -0.05) is 158 Å². The highest BCUT2D eigenvalue weighted by Gasteiger charge is 2.25. The third kappa shape index (κ3) is 5.13. The molecule has 11 aromatic rings. The fourth-order valence-corrected chi connectivity index (χ4v) is 8.26. The minimum Gasteiger partial charge on any atom is -0.455 e. The van der Waals surface area contributed by atoms with Gasteiger partial charge in [0.05, 0.1) is 11.1 Å². The summed E-state index contributed by atoms with van der Waals surface area (Å²) in [4.78, 5) is 2.37. The number of hydrogen-bond donors (Lipinski definition) is 0. The summed E-state index contributed by atoms with van der Waals surface area (Å²) in [5.74, 6) is 0. The zero-order valence-corrected chi connectivity index (χ0v) is 29.8. The summed E-state index contributed by atoms with van der Waals surface area (Å²) in [6.45, 7) is 0. The van der Waals surface area contributed by atoms with E-state index in [2.05, 4.69) is 187 Å².